The number of nitrogens with zero attached hydrogens (tertiary/aromatic N) is 1. The molecule has 0 aliphatic heterocycles. The molecule has 0 saturated carbocycles. The van der Waals surface area contributed by atoms with E-state index in [2.05, 4.69) is 9.71 Å². The largest absolute Gasteiger partial charge is 0.481 e. The third kappa shape index (κ3) is 4.10. The molecule has 0 fully saturated rings. The third-order valence-corrected chi connectivity index (χ3v) is 3.46. The summed E-state index contributed by atoms with van der Waals surface area (Å²) in [5.41, 5.74) is 1.19. The lowest BCUT2D eigenvalue weighted by molar-refractivity contribution is 0.398. The molecule has 5 nitrogen and oxygen atoms in total. The van der Waals surface area contributed by atoms with E-state index in [0.717, 1.165) is 11.0 Å². The van der Waals surface area contributed by atoms with Crippen LogP contribution in [0, 0.1) is 0 Å². The number of sulfonamides is 1. The van der Waals surface area contributed by atoms with E-state index >= 15 is 0 Å². The monoisotopic (exact) mass is 290 g/mol. The number of nitrogens with one attached hydrogen (secondary N) is 1. The zero-order chi connectivity index (χ0) is 14.4. The van der Waals surface area contributed by atoms with E-state index in [0.29, 0.717) is 11.6 Å². The summed E-state index contributed by atoms with van der Waals surface area (Å²) in [6.07, 6.45) is 2.92. The van der Waals surface area contributed by atoms with Gasteiger partial charge in [0.2, 0.25) is 5.88 Å². The van der Waals surface area contributed by atoms with Crippen molar-refractivity contribution in [1.29, 1.82) is 0 Å². The molecule has 0 saturated heterocycles. The quantitative estimate of drug-likeness (QED) is 0.918. The minimum Gasteiger partial charge on any atom is -0.481 e. The van der Waals surface area contributed by atoms with E-state index in [1.165, 1.54) is 19.4 Å². The lowest BCUT2D eigenvalue weighted by atomic mass is 10.2. The molecule has 0 spiro atoms. The second-order valence-electron chi connectivity index (χ2n) is 3.95. The molecule has 2 rings (SSSR count). The van der Waals surface area contributed by atoms with E-state index in [4.69, 9.17) is 4.74 Å². The van der Waals surface area contributed by atoms with Gasteiger partial charge in [0, 0.05) is 6.07 Å². The Morgan fingerprint density at radius 1 is 1.15 bits per heavy atom. The smallest absolute Gasteiger partial charge is 0.255 e. The number of aromatic nitrogens is 1. The number of ether oxygens (including phenoxy) is 1. The van der Waals surface area contributed by atoms with Crippen molar-refractivity contribution in [3.05, 3.63) is 59.6 Å². The summed E-state index contributed by atoms with van der Waals surface area (Å²) in [6, 6.07) is 12.4. The SMILES string of the molecule is COc1ccc(NS(=O)(=O)C=Cc2ccccc2)cn1. The van der Waals surface area contributed by atoms with Crippen LogP contribution < -0.4 is 9.46 Å². The maximum Gasteiger partial charge on any atom is 0.255 e. The van der Waals surface area contributed by atoms with E-state index in [9.17, 15) is 8.42 Å². The maximum atomic E-state index is 11.9. The van der Waals surface area contributed by atoms with Crippen LogP contribution in [0.3, 0.4) is 0 Å². The Balaban J connectivity index is 2.09. The van der Waals surface area contributed by atoms with Gasteiger partial charge in [0.1, 0.15) is 0 Å². The number of rotatable bonds is 5. The van der Waals surface area contributed by atoms with E-state index in [1.54, 1.807) is 12.1 Å². The molecule has 20 heavy (non-hydrogen) atoms. The number of methoxy groups -OCH3 is 1. The molecule has 0 radical (unpaired) electrons. The first-order chi connectivity index (χ1) is 9.59. The molecule has 1 heterocycles. The fourth-order valence-corrected chi connectivity index (χ4v) is 2.35. The third-order valence-electron chi connectivity index (χ3n) is 2.44. The van der Waals surface area contributed by atoms with Gasteiger partial charge in [-0.15, -0.1) is 0 Å². The molecule has 0 bridgehead atoms. The van der Waals surface area contributed by atoms with Crippen molar-refractivity contribution < 1.29 is 13.2 Å². The first-order valence-electron chi connectivity index (χ1n) is 5.85. The molecule has 0 aliphatic rings. The molecule has 1 N–H and O–H groups in total. The Morgan fingerprint density at radius 3 is 2.50 bits per heavy atom. The van der Waals surface area contributed by atoms with Crippen LogP contribution in [0.1, 0.15) is 5.56 Å². The summed E-state index contributed by atoms with van der Waals surface area (Å²) in [7, 11) is -2.07. The highest BCUT2D eigenvalue weighted by Crippen LogP contribution is 2.13. The number of pyridine rings is 1. The predicted octanol–water partition coefficient (Wildman–Crippen LogP) is 2.50. The van der Waals surface area contributed by atoms with E-state index in [1.807, 2.05) is 30.3 Å². The summed E-state index contributed by atoms with van der Waals surface area (Å²) in [4.78, 5) is 3.93. The summed E-state index contributed by atoms with van der Waals surface area (Å²) in [6.45, 7) is 0. The van der Waals surface area contributed by atoms with Crippen molar-refractivity contribution in [3.63, 3.8) is 0 Å². The van der Waals surface area contributed by atoms with Gasteiger partial charge in [-0.25, -0.2) is 13.4 Å². The Hall–Kier alpha value is -2.34. The second kappa shape index (κ2) is 6.21. The van der Waals surface area contributed by atoms with Crippen LogP contribution in [0.4, 0.5) is 5.69 Å². The minimum atomic E-state index is -3.56. The minimum absolute atomic E-state index is 0.378. The summed E-state index contributed by atoms with van der Waals surface area (Å²) in [5, 5.41) is 1.12. The highest BCUT2D eigenvalue weighted by atomic mass is 32.2. The Morgan fingerprint density at radius 2 is 1.90 bits per heavy atom. The average molecular weight is 290 g/mol. The van der Waals surface area contributed by atoms with Gasteiger partial charge in [0.15, 0.2) is 0 Å². The van der Waals surface area contributed by atoms with Crippen molar-refractivity contribution in [2.45, 2.75) is 0 Å². The summed E-state index contributed by atoms with van der Waals surface area (Å²) >= 11 is 0. The highest BCUT2D eigenvalue weighted by Gasteiger charge is 2.06. The summed E-state index contributed by atoms with van der Waals surface area (Å²) < 4.78 is 31.1. The fraction of sp³-hybridized carbons (Fsp3) is 0.0714. The second-order valence-corrected chi connectivity index (χ2v) is 5.52. The zero-order valence-corrected chi connectivity index (χ0v) is 11.7. The number of anilines is 1. The van der Waals surface area contributed by atoms with Gasteiger partial charge in [-0.05, 0) is 17.7 Å². The summed E-state index contributed by atoms with van der Waals surface area (Å²) in [5.74, 6) is 0.424. The highest BCUT2D eigenvalue weighted by molar-refractivity contribution is 7.95. The average Bonchev–Trinajstić information content (AvgIpc) is 2.47. The molecule has 0 amide bonds. The van der Waals surface area contributed by atoms with Crippen molar-refractivity contribution in [3.8, 4) is 5.88 Å². The lowest BCUT2D eigenvalue weighted by Gasteiger charge is -2.04. The van der Waals surface area contributed by atoms with Gasteiger partial charge in [0.05, 0.1) is 24.4 Å². The lowest BCUT2D eigenvalue weighted by Crippen LogP contribution is -2.09. The van der Waals surface area contributed by atoms with Gasteiger partial charge in [0.25, 0.3) is 10.0 Å². The van der Waals surface area contributed by atoms with Crippen molar-refractivity contribution in [2.24, 2.45) is 0 Å². The predicted molar refractivity (Wildman–Crippen MR) is 78.8 cm³/mol. The van der Waals surface area contributed by atoms with Gasteiger partial charge < -0.3 is 4.74 Å². The topological polar surface area (TPSA) is 68.3 Å². The first-order valence-corrected chi connectivity index (χ1v) is 7.40. The maximum absolute atomic E-state index is 11.9. The van der Waals surface area contributed by atoms with Crippen molar-refractivity contribution in [2.75, 3.05) is 11.8 Å². The zero-order valence-electron chi connectivity index (χ0n) is 10.9. The van der Waals surface area contributed by atoms with Crippen molar-refractivity contribution in [1.82, 2.24) is 4.98 Å². The van der Waals surface area contributed by atoms with E-state index < -0.39 is 10.0 Å². The Kier molecular flexibility index (Phi) is 4.37. The van der Waals surface area contributed by atoms with Crippen LogP contribution in [0.15, 0.2) is 54.1 Å². The van der Waals surface area contributed by atoms with Crippen LogP contribution in [-0.4, -0.2) is 20.5 Å². The number of hydrogen-bond acceptors (Lipinski definition) is 4. The number of benzene rings is 1. The molecule has 6 heteroatoms. The standard InChI is InChI=1S/C14H14N2O3S/c1-19-14-8-7-13(11-15-14)16-20(17,18)10-9-12-5-3-2-4-6-12/h2-11,16H,1H3. The fourth-order valence-electron chi connectivity index (χ4n) is 1.49. The van der Waals surface area contributed by atoms with E-state index in [-0.39, 0.29) is 0 Å². The Labute approximate surface area is 118 Å². The van der Waals surface area contributed by atoms with Crippen LogP contribution in [0.25, 0.3) is 6.08 Å². The molecule has 2 aromatic rings. The molecule has 104 valence electrons. The van der Waals surface area contributed by atoms with Gasteiger partial charge >= 0.3 is 0 Å². The van der Waals surface area contributed by atoms with Gasteiger partial charge in [-0.2, -0.15) is 0 Å². The van der Waals surface area contributed by atoms with Gasteiger partial charge in [-0.1, -0.05) is 30.3 Å². The van der Waals surface area contributed by atoms with Crippen LogP contribution in [0.2, 0.25) is 0 Å². The molecule has 0 aliphatic carbocycles. The normalized spacial score (nSPS) is 11.4. The van der Waals surface area contributed by atoms with Gasteiger partial charge in [-0.3, -0.25) is 4.72 Å². The van der Waals surface area contributed by atoms with Crippen LogP contribution in [-0.2, 0) is 10.0 Å². The van der Waals surface area contributed by atoms with Crippen molar-refractivity contribution >= 4 is 21.8 Å². The number of hydrogen-bond donors (Lipinski definition) is 1. The van der Waals surface area contributed by atoms with Crippen LogP contribution in [0.5, 0.6) is 5.88 Å². The molecule has 0 unspecified atom stereocenters. The first kappa shape index (κ1) is 14.1. The molecule has 0 atom stereocenters. The Bertz CT molecular complexity index is 680. The molecular formula is C14H14N2O3S. The molecule has 1 aromatic carbocycles. The van der Waals surface area contributed by atoms with Crippen LogP contribution >= 0.6 is 0 Å². The molecule has 1 aromatic heterocycles. The molecular weight excluding hydrogens is 276 g/mol.